The highest BCUT2D eigenvalue weighted by atomic mass is 14.4. The Bertz CT molecular complexity index is 1160. The number of aryl methyl sites for hydroxylation is 1. The minimum Gasteiger partial charge on any atom is -0.0619 e. The van der Waals surface area contributed by atoms with Gasteiger partial charge in [0.2, 0.25) is 0 Å². The maximum atomic E-state index is 2.40. The first-order chi connectivity index (χ1) is 12.6. The van der Waals surface area contributed by atoms with Crippen molar-refractivity contribution >= 4 is 10.8 Å². The van der Waals surface area contributed by atoms with Crippen LogP contribution in [0.4, 0.5) is 0 Å². The van der Waals surface area contributed by atoms with Crippen molar-refractivity contribution in [2.45, 2.75) is 26.2 Å². The second kappa shape index (κ2) is 5.32. The third-order valence-corrected chi connectivity index (χ3v) is 6.01. The van der Waals surface area contributed by atoms with Gasteiger partial charge in [-0.2, -0.15) is 0 Å². The largest absolute Gasteiger partial charge is 0.0619 e. The van der Waals surface area contributed by atoms with E-state index in [1.54, 1.807) is 0 Å². The molecule has 0 nitrogen and oxygen atoms in total. The molecule has 0 aliphatic heterocycles. The third-order valence-electron chi connectivity index (χ3n) is 6.01. The molecule has 0 radical (unpaired) electrons. The molecule has 26 heavy (non-hydrogen) atoms. The van der Waals surface area contributed by atoms with Crippen molar-refractivity contribution in [3.63, 3.8) is 0 Å². The quantitative estimate of drug-likeness (QED) is 0.347. The van der Waals surface area contributed by atoms with E-state index in [1.165, 1.54) is 49.7 Å². The summed E-state index contributed by atoms with van der Waals surface area (Å²) in [6, 6.07) is 29.0. The van der Waals surface area contributed by atoms with Crippen molar-refractivity contribution in [2.75, 3.05) is 0 Å². The van der Waals surface area contributed by atoms with Crippen molar-refractivity contribution in [3.8, 4) is 22.3 Å². The monoisotopic (exact) mass is 334 g/mol. The summed E-state index contributed by atoms with van der Waals surface area (Å²) in [5.74, 6) is 0. The molecule has 0 fully saturated rings. The van der Waals surface area contributed by atoms with E-state index in [2.05, 4.69) is 99.6 Å². The zero-order chi connectivity index (χ0) is 17.9. The van der Waals surface area contributed by atoms with Crippen LogP contribution in [-0.4, -0.2) is 0 Å². The van der Waals surface area contributed by atoms with Crippen molar-refractivity contribution in [2.24, 2.45) is 0 Å². The lowest BCUT2D eigenvalue weighted by atomic mass is 9.82. The molecule has 1 aliphatic rings. The molecule has 0 spiro atoms. The first-order valence-corrected chi connectivity index (χ1v) is 9.30. The molecule has 0 saturated carbocycles. The lowest BCUT2D eigenvalue weighted by molar-refractivity contribution is 0.660. The van der Waals surface area contributed by atoms with Gasteiger partial charge < -0.3 is 0 Å². The molecule has 0 aromatic heterocycles. The van der Waals surface area contributed by atoms with Gasteiger partial charge in [0.25, 0.3) is 0 Å². The zero-order valence-electron chi connectivity index (χ0n) is 15.5. The molecule has 0 unspecified atom stereocenters. The minimum atomic E-state index is 0.0677. The van der Waals surface area contributed by atoms with Crippen molar-refractivity contribution in [3.05, 3.63) is 95.6 Å². The number of benzene rings is 4. The van der Waals surface area contributed by atoms with Crippen LogP contribution in [-0.2, 0) is 5.41 Å². The van der Waals surface area contributed by atoms with E-state index in [0.29, 0.717) is 0 Å². The number of fused-ring (bicyclic) bond motifs is 4. The third kappa shape index (κ3) is 2.02. The summed E-state index contributed by atoms with van der Waals surface area (Å²) in [7, 11) is 0. The van der Waals surface area contributed by atoms with Crippen LogP contribution < -0.4 is 0 Å². The molecule has 0 bridgehead atoms. The van der Waals surface area contributed by atoms with Gasteiger partial charge in [-0.3, -0.25) is 0 Å². The molecule has 0 N–H and O–H groups in total. The predicted molar refractivity (Wildman–Crippen MR) is 112 cm³/mol. The average molecular weight is 334 g/mol. The lowest BCUT2D eigenvalue weighted by Crippen LogP contribution is -2.14. The fourth-order valence-electron chi connectivity index (χ4n) is 4.64. The maximum absolute atomic E-state index is 2.40. The van der Waals surface area contributed by atoms with E-state index < -0.39 is 0 Å². The Morgan fingerprint density at radius 1 is 0.654 bits per heavy atom. The number of hydrogen-bond donors (Lipinski definition) is 0. The molecule has 0 heterocycles. The van der Waals surface area contributed by atoms with Crippen molar-refractivity contribution in [1.82, 2.24) is 0 Å². The Morgan fingerprint density at radius 3 is 2.27 bits per heavy atom. The molecule has 0 saturated heterocycles. The Kier molecular flexibility index (Phi) is 3.15. The summed E-state index contributed by atoms with van der Waals surface area (Å²) < 4.78 is 0. The second-order valence-electron chi connectivity index (χ2n) is 7.91. The van der Waals surface area contributed by atoms with Crippen molar-refractivity contribution < 1.29 is 0 Å². The molecule has 126 valence electrons. The smallest absolute Gasteiger partial charge is 0.0158 e. The standard InChI is InChI=1S/C26H22/c1-17-12-13-18-8-4-5-9-20(18)25(17)19-14-15-24-22(16-19)21-10-6-7-11-23(21)26(24,2)3/h4-16H,1-3H3. The van der Waals surface area contributed by atoms with E-state index in [4.69, 9.17) is 0 Å². The fraction of sp³-hybridized carbons (Fsp3) is 0.154. The van der Waals surface area contributed by atoms with Gasteiger partial charge in [0.1, 0.15) is 0 Å². The second-order valence-corrected chi connectivity index (χ2v) is 7.91. The molecular formula is C26H22. The van der Waals surface area contributed by atoms with Crippen LogP contribution in [0, 0.1) is 6.92 Å². The Balaban J connectivity index is 1.81. The van der Waals surface area contributed by atoms with Crippen LogP contribution in [0.3, 0.4) is 0 Å². The van der Waals surface area contributed by atoms with Crippen molar-refractivity contribution in [1.29, 1.82) is 0 Å². The van der Waals surface area contributed by atoms with Crippen LogP contribution in [0.25, 0.3) is 33.0 Å². The Labute approximate surface area is 155 Å². The lowest BCUT2D eigenvalue weighted by Gasteiger charge is -2.21. The van der Waals surface area contributed by atoms with Crippen LogP contribution in [0.15, 0.2) is 78.9 Å². The van der Waals surface area contributed by atoms with Gasteiger partial charge in [-0.15, -0.1) is 0 Å². The maximum Gasteiger partial charge on any atom is 0.0158 e. The van der Waals surface area contributed by atoms with E-state index in [9.17, 15) is 0 Å². The minimum absolute atomic E-state index is 0.0677. The summed E-state index contributed by atoms with van der Waals surface area (Å²) >= 11 is 0. The van der Waals surface area contributed by atoms with Gasteiger partial charge in [-0.25, -0.2) is 0 Å². The predicted octanol–water partition coefficient (Wildman–Crippen LogP) is 7.12. The van der Waals surface area contributed by atoms with Crippen LogP contribution in [0.2, 0.25) is 0 Å². The summed E-state index contributed by atoms with van der Waals surface area (Å²) in [5, 5.41) is 2.63. The zero-order valence-corrected chi connectivity index (χ0v) is 15.5. The summed E-state index contributed by atoms with van der Waals surface area (Å²) in [6.45, 7) is 6.88. The van der Waals surface area contributed by atoms with Gasteiger partial charge >= 0.3 is 0 Å². The molecule has 4 aromatic carbocycles. The van der Waals surface area contributed by atoms with E-state index in [1.807, 2.05) is 0 Å². The summed E-state index contributed by atoms with van der Waals surface area (Å²) in [6.07, 6.45) is 0. The van der Waals surface area contributed by atoms with E-state index in [-0.39, 0.29) is 5.41 Å². The highest BCUT2D eigenvalue weighted by Crippen LogP contribution is 2.49. The molecule has 0 amide bonds. The Morgan fingerprint density at radius 2 is 1.38 bits per heavy atom. The van der Waals surface area contributed by atoms with E-state index >= 15 is 0 Å². The molecular weight excluding hydrogens is 312 g/mol. The average Bonchev–Trinajstić information content (AvgIpc) is 2.89. The number of hydrogen-bond acceptors (Lipinski definition) is 0. The highest BCUT2D eigenvalue weighted by molar-refractivity contribution is 5.99. The fourth-order valence-corrected chi connectivity index (χ4v) is 4.64. The van der Waals surface area contributed by atoms with Crippen LogP contribution in [0.1, 0.15) is 30.5 Å². The van der Waals surface area contributed by atoms with Crippen LogP contribution >= 0.6 is 0 Å². The van der Waals surface area contributed by atoms with Gasteiger partial charge in [-0.1, -0.05) is 86.6 Å². The van der Waals surface area contributed by atoms with Gasteiger partial charge in [-0.05, 0) is 62.7 Å². The SMILES string of the molecule is Cc1ccc2ccccc2c1-c1ccc2c(c1)-c1ccccc1C2(C)C. The summed E-state index contributed by atoms with van der Waals surface area (Å²) in [5.41, 5.74) is 9.69. The Hall–Kier alpha value is -2.86. The number of rotatable bonds is 1. The normalized spacial score (nSPS) is 14.3. The van der Waals surface area contributed by atoms with Gasteiger partial charge in [0.05, 0.1) is 0 Å². The topological polar surface area (TPSA) is 0 Å². The highest BCUT2D eigenvalue weighted by Gasteiger charge is 2.35. The summed E-state index contributed by atoms with van der Waals surface area (Å²) in [4.78, 5) is 0. The van der Waals surface area contributed by atoms with Crippen LogP contribution in [0.5, 0.6) is 0 Å². The first-order valence-electron chi connectivity index (χ1n) is 9.30. The van der Waals surface area contributed by atoms with Gasteiger partial charge in [0.15, 0.2) is 0 Å². The molecule has 1 aliphatic carbocycles. The molecule has 0 heteroatoms. The molecule has 5 rings (SSSR count). The first kappa shape index (κ1) is 15.4. The van der Waals surface area contributed by atoms with E-state index in [0.717, 1.165) is 0 Å². The molecule has 4 aromatic rings. The molecule has 0 atom stereocenters. The van der Waals surface area contributed by atoms with Gasteiger partial charge in [0, 0.05) is 5.41 Å².